The first kappa shape index (κ1) is 18.1. The van der Waals surface area contributed by atoms with E-state index in [2.05, 4.69) is 25.3 Å². The van der Waals surface area contributed by atoms with E-state index in [1.807, 2.05) is 4.90 Å². The van der Waals surface area contributed by atoms with Gasteiger partial charge in [-0.05, 0) is 62.2 Å². The summed E-state index contributed by atoms with van der Waals surface area (Å²) in [5.74, 6) is 1.98. The normalized spacial score (nSPS) is 34.2. The number of rotatable bonds is 4. The Kier molecular flexibility index (Phi) is 4.44. The van der Waals surface area contributed by atoms with E-state index in [-0.39, 0.29) is 10.8 Å². The Bertz CT molecular complexity index is 618. The zero-order chi connectivity index (χ0) is 18.5. The third-order valence-corrected chi connectivity index (χ3v) is 8.18. The molecular formula is C22H34N2O2. The molecule has 4 rings (SSSR count). The van der Waals surface area contributed by atoms with Gasteiger partial charge in [-0.25, -0.2) is 0 Å². The molecule has 4 heteroatoms. The van der Waals surface area contributed by atoms with Gasteiger partial charge in [-0.15, -0.1) is 0 Å². The van der Waals surface area contributed by atoms with Crippen LogP contribution >= 0.6 is 0 Å². The lowest BCUT2D eigenvalue weighted by molar-refractivity contribution is -0.141. The van der Waals surface area contributed by atoms with E-state index in [4.69, 9.17) is 0 Å². The van der Waals surface area contributed by atoms with Crippen LogP contribution in [0.25, 0.3) is 0 Å². The molecule has 4 nitrogen and oxygen atoms in total. The number of likely N-dealkylation sites (tertiary alicyclic amines) is 2. The fourth-order valence-corrected chi connectivity index (χ4v) is 6.13. The van der Waals surface area contributed by atoms with E-state index < -0.39 is 0 Å². The number of carbonyl (C=O) groups excluding carboxylic acids is 2. The van der Waals surface area contributed by atoms with Crippen molar-refractivity contribution in [2.45, 2.75) is 65.2 Å². The van der Waals surface area contributed by atoms with Crippen molar-refractivity contribution in [2.24, 2.45) is 22.7 Å². The molecule has 0 aromatic heterocycles. The molecule has 2 unspecified atom stereocenters. The molecular weight excluding hydrogens is 324 g/mol. The van der Waals surface area contributed by atoms with Gasteiger partial charge in [0, 0.05) is 32.6 Å². The van der Waals surface area contributed by atoms with Gasteiger partial charge in [0.25, 0.3) is 0 Å². The molecule has 2 saturated heterocycles. The topological polar surface area (TPSA) is 40.6 Å². The van der Waals surface area contributed by atoms with Crippen molar-refractivity contribution in [1.29, 1.82) is 0 Å². The largest absolute Gasteiger partial charge is 0.343 e. The second kappa shape index (κ2) is 6.38. The number of hydrogen-bond acceptors (Lipinski definition) is 2. The third kappa shape index (κ3) is 2.71. The Morgan fingerprint density at radius 2 is 1.92 bits per heavy atom. The Morgan fingerprint density at radius 3 is 2.50 bits per heavy atom. The van der Waals surface area contributed by atoms with E-state index in [9.17, 15) is 9.59 Å². The van der Waals surface area contributed by atoms with Gasteiger partial charge in [-0.2, -0.15) is 0 Å². The second-order valence-corrected chi connectivity index (χ2v) is 9.73. The highest BCUT2D eigenvalue weighted by atomic mass is 16.2. The lowest BCUT2D eigenvalue weighted by atomic mass is 9.68. The van der Waals surface area contributed by atoms with Crippen LogP contribution in [0.5, 0.6) is 0 Å². The first-order valence-corrected chi connectivity index (χ1v) is 10.6. The Morgan fingerprint density at radius 1 is 1.19 bits per heavy atom. The van der Waals surface area contributed by atoms with Gasteiger partial charge >= 0.3 is 0 Å². The summed E-state index contributed by atoms with van der Waals surface area (Å²) in [6, 6.07) is 0. The summed E-state index contributed by atoms with van der Waals surface area (Å²) in [5.41, 5.74) is 1.05. The summed E-state index contributed by atoms with van der Waals surface area (Å²) in [4.78, 5) is 29.3. The minimum absolute atomic E-state index is 0.120. The van der Waals surface area contributed by atoms with Gasteiger partial charge in [0.05, 0.1) is 5.41 Å². The number of fused-ring (bicyclic) bond motifs is 2. The predicted octanol–water partition coefficient (Wildman–Crippen LogP) is 3.62. The molecule has 2 aliphatic carbocycles. The summed E-state index contributed by atoms with van der Waals surface area (Å²) in [6.07, 6.45) is 8.24. The minimum Gasteiger partial charge on any atom is -0.343 e. The Balaban J connectivity index is 1.31. The summed E-state index contributed by atoms with van der Waals surface area (Å²) in [7, 11) is 0. The van der Waals surface area contributed by atoms with Crippen molar-refractivity contribution in [3.63, 3.8) is 0 Å². The number of nitrogens with zero attached hydrogens (tertiary/aromatic N) is 2. The van der Waals surface area contributed by atoms with Gasteiger partial charge in [-0.3, -0.25) is 9.59 Å². The van der Waals surface area contributed by atoms with Crippen molar-refractivity contribution in [3.8, 4) is 0 Å². The standard InChI is InChI=1S/C22H34N2O2/c1-16-21(2,3)18-6-10-22(16,15-18)20(26)24-13-8-17(9-14-24)7-12-23-11-4-5-19(23)25/h17-18H,1,4-15H2,2-3H3. The molecule has 0 aromatic carbocycles. The smallest absolute Gasteiger partial charge is 0.232 e. The van der Waals surface area contributed by atoms with Crippen LogP contribution in [0.1, 0.15) is 65.2 Å². The van der Waals surface area contributed by atoms with E-state index >= 15 is 0 Å². The molecule has 4 fully saturated rings. The first-order chi connectivity index (χ1) is 12.3. The average Bonchev–Trinajstić information content (AvgIpc) is 3.30. The van der Waals surface area contributed by atoms with Crippen molar-refractivity contribution in [1.82, 2.24) is 9.80 Å². The van der Waals surface area contributed by atoms with E-state index in [0.29, 0.717) is 23.7 Å². The Labute approximate surface area is 158 Å². The van der Waals surface area contributed by atoms with Crippen LogP contribution < -0.4 is 0 Å². The van der Waals surface area contributed by atoms with Crippen LogP contribution in [0.3, 0.4) is 0 Å². The molecule has 0 N–H and O–H groups in total. The highest BCUT2D eigenvalue weighted by Crippen LogP contribution is 2.66. The molecule has 144 valence electrons. The van der Waals surface area contributed by atoms with E-state index in [0.717, 1.165) is 71.1 Å². The molecule has 4 aliphatic rings. The van der Waals surface area contributed by atoms with Gasteiger partial charge < -0.3 is 9.80 Å². The maximum absolute atomic E-state index is 13.4. The number of hydrogen-bond donors (Lipinski definition) is 0. The SMILES string of the molecule is C=C1C2(C(=O)N3CCC(CCN4CCCC4=O)CC3)CCC(C2)C1(C)C. The van der Waals surface area contributed by atoms with Crippen molar-refractivity contribution < 1.29 is 9.59 Å². The van der Waals surface area contributed by atoms with Crippen LogP contribution in [-0.4, -0.2) is 47.8 Å². The lowest BCUT2D eigenvalue weighted by Crippen LogP contribution is -2.47. The zero-order valence-corrected chi connectivity index (χ0v) is 16.6. The molecule has 2 aliphatic heterocycles. The fourth-order valence-electron chi connectivity index (χ4n) is 6.13. The minimum atomic E-state index is -0.261. The van der Waals surface area contributed by atoms with Gasteiger partial charge in [0.15, 0.2) is 0 Å². The summed E-state index contributed by atoms with van der Waals surface area (Å²) in [6.45, 7) is 12.6. The molecule has 2 amide bonds. The number of piperidine rings is 1. The maximum Gasteiger partial charge on any atom is 0.232 e. The summed E-state index contributed by atoms with van der Waals surface area (Å²) < 4.78 is 0. The maximum atomic E-state index is 13.4. The molecule has 0 radical (unpaired) electrons. The Hall–Kier alpha value is -1.32. The van der Waals surface area contributed by atoms with Crippen LogP contribution in [0, 0.1) is 22.7 Å². The van der Waals surface area contributed by atoms with Crippen LogP contribution in [-0.2, 0) is 9.59 Å². The molecule has 2 saturated carbocycles. The van der Waals surface area contributed by atoms with Crippen molar-refractivity contribution in [2.75, 3.05) is 26.2 Å². The number of carbonyl (C=O) groups is 2. The van der Waals surface area contributed by atoms with Gasteiger partial charge in [-0.1, -0.05) is 26.0 Å². The van der Waals surface area contributed by atoms with Gasteiger partial charge in [0.2, 0.25) is 11.8 Å². The van der Waals surface area contributed by atoms with Crippen LogP contribution in [0.2, 0.25) is 0 Å². The monoisotopic (exact) mass is 358 g/mol. The lowest BCUT2D eigenvalue weighted by Gasteiger charge is -2.41. The quantitative estimate of drug-likeness (QED) is 0.720. The third-order valence-electron chi connectivity index (χ3n) is 8.18. The van der Waals surface area contributed by atoms with Crippen LogP contribution in [0.15, 0.2) is 12.2 Å². The van der Waals surface area contributed by atoms with Gasteiger partial charge in [0.1, 0.15) is 0 Å². The molecule has 2 atom stereocenters. The second-order valence-electron chi connectivity index (χ2n) is 9.73. The molecule has 2 heterocycles. The van der Waals surface area contributed by atoms with Crippen molar-refractivity contribution >= 4 is 11.8 Å². The molecule has 0 aromatic rings. The van der Waals surface area contributed by atoms with E-state index in [1.165, 1.54) is 12.0 Å². The highest BCUT2D eigenvalue weighted by molar-refractivity contribution is 5.87. The molecule has 2 bridgehead atoms. The summed E-state index contributed by atoms with van der Waals surface area (Å²) in [5, 5.41) is 0. The number of amides is 2. The molecule has 0 spiro atoms. The summed E-state index contributed by atoms with van der Waals surface area (Å²) >= 11 is 0. The highest BCUT2D eigenvalue weighted by Gasteiger charge is 2.61. The van der Waals surface area contributed by atoms with Crippen LogP contribution in [0.4, 0.5) is 0 Å². The zero-order valence-electron chi connectivity index (χ0n) is 16.6. The average molecular weight is 359 g/mol. The predicted molar refractivity (Wildman–Crippen MR) is 102 cm³/mol. The first-order valence-electron chi connectivity index (χ1n) is 10.6. The fraction of sp³-hybridized carbons (Fsp3) is 0.818. The van der Waals surface area contributed by atoms with Crippen molar-refractivity contribution in [3.05, 3.63) is 12.2 Å². The van der Waals surface area contributed by atoms with E-state index in [1.54, 1.807) is 0 Å². The molecule has 26 heavy (non-hydrogen) atoms.